The monoisotopic (exact) mass is 224 g/mol. The summed E-state index contributed by atoms with van der Waals surface area (Å²) in [6.07, 6.45) is 3.44. The molecule has 0 saturated carbocycles. The maximum absolute atomic E-state index is 10.9. The highest BCUT2D eigenvalue weighted by molar-refractivity contribution is 5.92. The first kappa shape index (κ1) is 12.4. The molecule has 5 heteroatoms. The molecular formula is C11H16N2O3. The van der Waals surface area contributed by atoms with Gasteiger partial charge in [-0.3, -0.25) is 0 Å². The Hall–Kier alpha value is -1.62. The number of carboxylic acid groups (broad SMARTS) is 1. The summed E-state index contributed by atoms with van der Waals surface area (Å²) < 4.78 is 4.92. The lowest BCUT2D eigenvalue weighted by Crippen LogP contribution is -2.09. The molecule has 5 nitrogen and oxygen atoms in total. The van der Waals surface area contributed by atoms with Gasteiger partial charge in [-0.15, -0.1) is 0 Å². The highest BCUT2D eigenvalue weighted by Gasteiger charge is 2.09. The molecule has 1 heterocycles. The number of hydrogen-bond acceptors (Lipinski definition) is 4. The summed E-state index contributed by atoms with van der Waals surface area (Å²) in [5.74, 6) is -0.542. The topological polar surface area (TPSA) is 71.5 Å². The van der Waals surface area contributed by atoms with Crippen LogP contribution in [-0.2, 0) is 4.74 Å². The molecule has 0 saturated heterocycles. The number of anilines is 1. The third kappa shape index (κ3) is 3.86. The lowest BCUT2D eigenvalue weighted by atomic mass is 10.2. The second kappa shape index (κ2) is 6.79. The molecule has 0 radical (unpaired) electrons. The maximum Gasteiger partial charge on any atom is 0.339 e. The molecule has 0 unspecified atom stereocenters. The van der Waals surface area contributed by atoms with Crippen LogP contribution in [0.25, 0.3) is 0 Å². The summed E-state index contributed by atoms with van der Waals surface area (Å²) >= 11 is 0. The summed E-state index contributed by atoms with van der Waals surface area (Å²) in [7, 11) is 1.66. The van der Waals surface area contributed by atoms with E-state index in [0.717, 1.165) is 19.4 Å². The van der Waals surface area contributed by atoms with Gasteiger partial charge in [0.2, 0.25) is 0 Å². The SMILES string of the molecule is COCCCCNc1ncccc1C(=O)O. The third-order valence-corrected chi connectivity index (χ3v) is 2.11. The third-order valence-electron chi connectivity index (χ3n) is 2.11. The fourth-order valence-corrected chi connectivity index (χ4v) is 1.30. The van der Waals surface area contributed by atoms with Gasteiger partial charge in [0.25, 0.3) is 0 Å². The molecule has 0 bridgehead atoms. The van der Waals surface area contributed by atoms with E-state index in [-0.39, 0.29) is 5.56 Å². The minimum atomic E-state index is -0.965. The summed E-state index contributed by atoms with van der Waals surface area (Å²) in [5.41, 5.74) is 0.203. The Labute approximate surface area is 94.5 Å². The van der Waals surface area contributed by atoms with Crippen molar-refractivity contribution in [3.05, 3.63) is 23.9 Å². The van der Waals surface area contributed by atoms with Crippen molar-refractivity contribution in [3.8, 4) is 0 Å². The standard InChI is InChI=1S/C11H16N2O3/c1-16-8-3-2-6-12-10-9(11(14)15)5-4-7-13-10/h4-5,7H,2-3,6,8H2,1H3,(H,12,13)(H,14,15). The van der Waals surface area contributed by atoms with E-state index < -0.39 is 5.97 Å². The molecule has 0 aliphatic carbocycles. The number of nitrogens with one attached hydrogen (secondary N) is 1. The van der Waals surface area contributed by atoms with Crippen molar-refractivity contribution < 1.29 is 14.6 Å². The van der Waals surface area contributed by atoms with E-state index in [4.69, 9.17) is 9.84 Å². The second-order valence-corrected chi connectivity index (χ2v) is 3.33. The van der Waals surface area contributed by atoms with E-state index in [1.807, 2.05) is 0 Å². The van der Waals surface area contributed by atoms with Crippen LogP contribution >= 0.6 is 0 Å². The van der Waals surface area contributed by atoms with Crippen LogP contribution in [0.15, 0.2) is 18.3 Å². The van der Waals surface area contributed by atoms with Gasteiger partial charge in [0.1, 0.15) is 11.4 Å². The van der Waals surface area contributed by atoms with Crippen LogP contribution in [0.1, 0.15) is 23.2 Å². The highest BCUT2D eigenvalue weighted by Crippen LogP contribution is 2.11. The number of rotatable bonds is 7. The first-order chi connectivity index (χ1) is 7.75. The van der Waals surface area contributed by atoms with E-state index in [9.17, 15) is 4.79 Å². The zero-order valence-electron chi connectivity index (χ0n) is 9.27. The van der Waals surface area contributed by atoms with Crippen LogP contribution in [0.2, 0.25) is 0 Å². The van der Waals surface area contributed by atoms with E-state index in [2.05, 4.69) is 10.3 Å². The van der Waals surface area contributed by atoms with Crippen molar-refractivity contribution in [2.24, 2.45) is 0 Å². The number of aromatic nitrogens is 1. The Kier molecular flexibility index (Phi) is 5.28. The van der Waals surface area contributed by atoms with Crippen molar-refractivity contribution in [1.82, 2.24) is 4.98 Å². The zero-order chi connectivity index (χ0) is 11.8. The van der Waals surface area contributed by atoms with Crippen molar-refractivity contribution in [3.63, 3.8) is 0 Å². The second-order valence-electron chi connectivity index (χ2n) is 3.33. The van der Waals surface area contributed by atoms with Gasteiger partial charge in [0, 0.05) is 26.5 Å². The van der Waals surface area contributed by atoms with Crippen LogP contribution < -0.4 is 5.32 Å². The van der Waals surface area contributed by atoms with Crippen LogP contribution in [-0.4, -0.2) is 36.3 Å². The lowest BCUT2D eigenvalue weighted by Gasteiger charge is -2.07. The zero-order valence-corrected chi connectivity index (χ0v) is 9.27. The molecule has 1 rings (SSSR count). The molecule has 0 atom stereocenters. The van der Waals surface area contributed by atoms with Gasteiger partial charge in [-0.2, -0.15) is 0 Å². The van der Waals surface area contributed by atoms with Crippen molar-refractivity contribution in [2.75, 3.05) is 25.6 Å². The first-order valence-corrected chi connectivity index (χ1v) is 5.17. The number of hydrogen-bond donors (Lipinski definition) is 2. The number of methoxy groups -OCH3 is 1. The van der Waals surface area contributed by atoms with Gasteiger partial charge in [0.05, 0.1) is 0 Å². The van der Waals surface area contributed by atoms with Crippen molar-refractivity contribution in [1.29, 1.82) is 0 Å². The Morgan fingerprint density at radius 3 is 3.06 bits per heavy atom. The van der Waals surface area contributed by atoms with Gasteiger partial charge in [-0.1, -0.05) is 0 Å². The Bertz CT molecular complexity index is 342. The van der Waals surface area contributed by atoms with Gasteiger partial charge in [-0.25, -0.2) is 9.78 Å². The van der Waals surface area contributed by atoms with Crippen LogP contribution in [0.4, 0.5) is 5.82 Å². The fraction of sp³-hybridized carbons (Fsp3) is 0.455. The average Bonchev–Trinajstić information content (AvgIpc) is 2.29. The van der Waals surface area contributed by atoms with E-state index in [0.29, 0.717) is 12.4 Å². The van der Waals surface area contributed by atoms with Gasteiger partial charge < -0.3 is 15.2 Å². The van der Waals surface area contributed by atoms with Crippen LogP contribution in [0.3, 0.4) is 0 Å². The van der Waals surface area contributed by atoms with Gasteiger partial charge in [-0.05, 0) is 25.0 Å². The number of aromatic carboxylic acids is 1. The molecule has 0 spiro atoms. The normalized spacial score (nSPS) is 10.1. The number of carboxylic acids is 1. The van der Waals surface area contributed by atoms with Crippen molar-refractivity contribution in [2.45, 2.75) is 12.8 Å². The Morgan fingerprint density at radius 1 is 1.56 bits per heavy atom. The molecule has 0 aliphatic rings. The van der Waals surface area contributed by atoms with E-state index in [1.54, 1.807) is 19.4 Å². The molecule has 1 aromatic rings. The number of ether oxygens (including phenoxy) is 1. The minimum Gasteiger partial charge on any atom is -0.478 e. The number of nitrogens with zero attached hydrogens (tertiary/aromatic N) is 1. The smallest absolute Gasteiger partial charge is 0.339 e. The van der Waals surface area contributed by atoms with Gasteiger partial charge >= 0.3 is 5.97 Å². The summed E-state index contributed by atoms with van der Waals surface area (Å²) in [6, 6.07) is 3.15. The molecule has 0 aliphatic heterocycles. The molecule has 88 valence electrons. The lowest BCUT2D eigenvalue weighted by molar-refractivity contribution is 0.0697. The minimum absolute atomic E-state index is 0.203. The summed E-state index contributed by atoms with van der Waals surface area (Å²) in [5, 5.41) is 11.9. The van der Waals surface area contributed by atoms with Gasteiger partial charge in [0.15, 0.2) is 0 Å². The quantitative estimate of drug-likeness (QED) is 0.688. The molecule has 0 amide bonds. The fourth-order valence-electron chi connectivity index (χ4n) is 1.30. The molecule has 1 aromatic heterocycles. The Balaban J connectivity index is 2.44. The number of pyridine rings is 1. The number of unbranched alkanes of at least 4 members (excludes halogenated alkanes) is 1. The van der Waals surface area contributed by atoms with Crippen LogP contribution in [0, 0.1) is 0 Å². The molecule has 16 heavy (non-hydrogen) atoms. The molecular weight excluding hydrogens is 208 g/mol. The average molecular weight is 224 g/mol. The summed E-state index contributed by atoms with van der Waals surface area (Å²) in [6.45, 7) is 1.41. The predicted molar refractivity (Wildman–Crippen MR) is 60.8 cm³/mol. The largest absolute Gasteiger partial charge is 0.478 e. The molecule has 0 fully saturated rings. The molecule has 0 aromatic carbocycles. The van der Waals surface area contributed by atoms with E-state index >= 15 is 0 Å². The van der Waals surface area contributed by atoms with E-state index in [1.165, 1.54) is 6.07 Å². The maximum atomic E-state index is 10.9. The summed E-state index contributed by atoms with van der Waals surface area (Å²) in [4.78, 5) is 14.9. The number of carbonyl (C=O) groups is 1. The first-order valence-electron chi connectivity index (χ1n) is 5.17. The predicted octanol–water partition coefficient (Wildman–Crippen LogP) is 1.62. The molecule has 2 N–H and O–H groups in total. The van der Waals surface area contributed by atoms with Crippen molar-refractivity contribution >= 4 is 11.8 Å². The highest BCUT2D eigenvalue weighted by atomic mass is 16.5. The van der Waals surface area contributed by atoms with Crippen LogP contribution in [0.5, 0.6) is 0 Å². The Morgan fingerprint density at radius 2 is 2.38 bits per heavy atom.